The van der Waals surface area contributed by atoms with Crippen LogP contribution in [0, 0.1) is 0 Å². The Labute approximate surface area is 229 Å². The molecule has 2 unspecified atom stereocenters. The minimum atomic E-state index is 0.164. The molecule has 39 heavy (non-hydrogen) atoms. The monoisotopic (exact) mass is 506 g/mol. The standard InChI is InChI=1S/C35H30N4/c36-31-21-19-30(20-22-31)35(39-34(37)29-17-13-27(14-18-29)25-9-5-2-6-10-25)38-33-23-32(33)28-15-11-26(12-16-28)24-7-3-1-4-8-24/h1-22,32-33H,23,36H2,(H2,37,38,39). The second-order valence-corrected chi connectivity index (χ2v) is 9.91. The van der Waals surface area contributed by atoms with E-state index in [2.05, 4.69) is 72.8 Å². The lowest BCUT2D eigenvalue weighted by atomic mass is 10.0. The summed E-state index contributed by atoms with van der Waals surface area (Å²) in [5.41, 5.74) is 21.0. The van der Waals surface area contributed by atoms with Crippen molar-refractivity contribution >= 4 is 17.4 Å². The molecule has 190 valence electrons. The van der Waals surface area contributed by atoms with Crippen molar-refractivity contribution in [2.24, 2.45) is 15.7 Å². The molecule has 2 atom stereocenters. The van der Waals surface area contributed by atoms with E-state index in [1.165, 1.54) is 22.3 Å². The molecule has 5 aromatic rings. The molecule has 1 aliphatic carbocycles. The zero-order chi connectivity index (χ0) is 26.6. The van der Waals surface area contributed by atoms with Gasteiger partial charge in [-0.1, -0.05) is 109 Å². The lowest BCUT2D eigenvalue weighted by Gasteiger charge is -2.08. The molecule has 0 aliphatic heterocycles. The highest BCUT2D eigenvalue weighted by molar-refractivity contribution is 6.11. The number of anilines is 1. The van der Waals surface area contributed by atoms with Crippen LogP contribution in [0.4, 0.5) is 5.69 Å². The Kier molecular flexibility index (Phi) is 6.75. The molecular formula is C35H30N4. The lowest BCUT2D eigenvalue weighted by Crippen LogP contribution is -2.16. The van der Waals surface area contributed by atoms with Gasteiger partial charge in [0.1, 0.15) is 5.84 Å². The van der Waals surface area contributed by atoms with Gasteiger partial charge in [-0.25, -0.2) is 4.99 Å². The molecule has 0 amide bonds. The van der Waals surface area contributed by atoms with Crippen LogP contribution in [0.15, 0.2) is 143 Å². The molecule has 1 aliphatic rings. The number of hydrogen-bond acceptors (Lipinski definition) is 2. The first-order chi connectivity index (χ1) is 19.1. The molecule has 0 radical (unpaired) electrons. The molecule has 4 N–H and O–H groups in total. The summed E-state index contributed by atoms with van der Waals surface area (Å²) in [7, 11) is 0. The van der Waals surface area contributed by atoms with E-state index in [9.17, 15) is 0 Å². The van der Waals surface area contributed by atoms with Gasteiger partial charge in [0.05, 0.1) is 6.04 Å². The van der Waals surface area contributed by atoms with Gasteiger partial charge in [0.15, 0.2) is 5.84 Å². The number of nitrogen functional groups attached to an aromatic ring is 1. The van der Waals surface area contributed by atoms with E-state index in [-0.39, 0.29) is 6.04 Å². The molecule has 1 saturated carbocycles. The van der Waals surface area contributed by atoms with Crippen LogP contribution in [0.5, 0.6) is 0 Å². The molecule has 0 spiro atoms. The summed E-state index contributed by atoms with van der Waals surface area (Å²) in [5.74, 6) is 1.45. The van der Waals surface area contributed by atoms with Crippen molar-refractivity contribution in [1.82, 2.24) is 0 Å². The summed E-state index contributed by atoms with van der Waals surface area (Å²) in [6.45, 7) is 0. The van der Waals surface area contributed by atoms with Gasteiger partial charge in [-0.3, -0.25) is 4.99 Å². The third-order valence-corrected chi connectivity index (χ3v) is 7.17. The van der Waals surface area contributed by atoms with Crippen LogP contribution < -0.4 is 11.5 Å². The average Bonchev–Trinajstić information content (AvgIpc) is 3.77. The van der Waals surface area contributed by atoms with Gasteiger partial charge in [-0.15, -0.1) is 0 Å². The molecule has 6 rings (SSSR count). The van der Waals surface area contributed by atoms with Crippen LogP contribution in [0.25, 0.3) is 22.3 Å². The Morgan fingerprint density at radius 3 is 1.62 bits per heavy atom. The molecule has 0 heterocycles. The van der Waals surface area contributed by atoms with Crippen molar-refractivity contribution in [2.45, 2.75) is 18.4 Å². The topological polar surface area (TPSA) is 76.8 Å². The Hall–Kier alpha value is -4.96. The minimum absolute atomic E-state index is 0.164. The highest BCUT2D eigenvalue weighted by Gasteiger charge is 2.38. The molecule has 4 heteroatoms. The van der Waals surface area contributed by atoms with E-state index < -0.39 is 0 Å². The van der Waals surface area contributed by atoms with Gasteiger partial charge < -0.3 is 11.5 Å². The average molecular weight is 507 g/mol. The maximum atomic E-state index is 6.51. The van der Waals surface area contributed by atoms with Crippen molar-refractivity contribution in [3.05, 3.63) is 150 Å². The minimum Gasteiger partial charge on any atom is -0.399 e. The largest absolute Gasteiger partial charge is 0.399 e. The molecule has 4 nitrogen and oxygen atoms in total. The maximum absolute atomic E-state index is 6.51. The summed E-state index contributed by atoms with van der Waals surface area (Å²) in [5, 5.41) is 0. The normalized spacial score (nSPS) is 17.1. The van der Waals surface area contributed by atoms with Crippen LogP contribution >= 0.6 is 0 Å². The number of hydrogen-bond donors (Lipinski definition) is 2. The fourth-order valence-electron chi connectivity index (χ4n) is 4.84. The van der Waals surface area contributed by atoms with Crippen molar-refractivity contribution in [2.75, 3.05) is 5.73 Å². The Balaban J connectivity index is 1.25. The fraction of sp³-hybridized carbons (Fsp3) is 0.0857. The SMILES string of the molecule is NC(=NC(=NC1CC1c1ccc(-c2ccccc2)cc1)c1ccc(N)cc1)c1ccc(-c2ccccc2)cc1. The van der Waals surface area contributed by atoms with Gasteiger partial charge in [-0.05, 0) is 58.5 Å². The molecule has 1 fully saturated rings. The summed E-state index contributed by atoms with van der Waals surface area (Å²) < 4.78 is 0. The first-order valence-corrected chi connectivity index (χ1v) is 13.2. The van der Waals surface area contributed by atoms with Crippen LogP contribution in [0.1, 0.15) is 29.0 Å². The van der Waals surface area contributed by atoms with Gasteiger partial charge in [0, 0.05) is 22.7 Å². The van der Waals surface area contributed by atoms with E-state index in [1.807, 2.05) is 60.7 Å². The second-order valence-electron chi connectivity index (χ2n) is 9.91. The number of amidine groups is 2. The quantitative estimate of drug-likeness (QED) is 0.144. The third kappa shape index (κ3) is 5.65. The molecule has 0 bridgehead atoms. The smallest absolute Gasteiger partial charge is 0.157 e. The van der Waals surface area contributed by atoms with Crippen molar-refractivity contribution < 1.29 is 0 Å². The first-order valence-electron chi connectivity index (χ1n) is 13.2. The first kappa shape index (κ1) is 24.4. The van der Waals surface area contributed by atoms with Crippen LogP contribution in [-0.2, 0) is 0 Å². The van der Waals surface area contributed by atoms with E-state index in [0.717, 1.165) is 23.1 Å². The Bertz CT molecular complexity index is 1600. The fourth-order valence-corrected chi connectivity index (χ4v) is 4.84. The lowest BCUT2D eigenvalue weighted by molar-refractivity contribution is 0.986. The van der Waals surface area contributed by atoms with Crippen LogP contribution in [0.2, 0.25) is 0 Å². The predicted molar refractivity (Wildman–Crippen MR) is 163 cm³/mol. The van der Waals surface area contributed by atoms with Gasteiger partial charge in [-0.2, -0.15) is 0 Å². The van der Waals surface area contributed by atoms with Gasteiger partial charge >= 0.3 is 0 Å². The summed E-state index contributed by atoms with van der Waals surface area (Å²) >= 11 is 0. The van der Waals surface area contributed by atoms with Crippen LogP contribution in [0.3, 0.4) is 0 Å². The molecular weight excluding hydrogens is 476 g/mol. The van der Waals surface area contributed by atoms with Gasteiger partial charge in [0.2, 0.25) is 0 Å². The van der Waals surface area contributed by atoms with Crippen LogP contribution in [-0.4, -0.2) is 17.7 Å². The Morgan fingerprint density at radius 1 is 0.564 bits per heavy atom. The number of nitrogens with two attached hydrogens (primary N) is 2. The Morgan fingerprint density at radius 2 is 1.05 bits per heavy atom. The van der Waals surface area contributed by atoms with E-state index >= 15 is 0 Å². The van der Waals surface area contributed by atoms with E-state index in [1.54, 1.807) is 0 Å². The molecule has 0 saturated heterocycles. The number of aliphatic imine (C=N–C) groups is 2. The van der Waals surface area contributed by atoms with Gasteiger partial charge in [0.25, 0.3) is 0 Å². The number of rotatable bonds is 6. The summed E-state index contributed by atoms with van der Waals surface area (Å²) in [4.78, 5) is 9.88. The summed E-state index contributed by atoms with van der Waals surface area (Å²) in [6, 6.07) is 45.5. The zero-order valence-electron chi connectivity index (χ0n) is 21.6. The molecule has 0 aromatic heterocycles. The second kappa shape index (κ2) is 10.8. The number of benzene rings is 5. The highest BCUT2D eigenvalue weighted by atomic mass is 15.0. The predicted octanol–water partition coefficient (Wildman–Crippen LogP) is 7.31. The summed E-state index contributed by atoms with van der Waals surface area (Å²) in [6.07, 6.45) is 0.990. The third-order valence-electron chi connectivity index (χ3n) is 7.17. The van der Waals surface area contributed by atoms with E-state index in [0.29, 0.717) is 23.3 Å². The van der Waals surface area contributed by atoms with E-state index in [4.69, 9.17) is 21.5 Å². The van der Waals surface area contributed by atoms with Crippen molar-refractivity contribution in [3.8, 4) is 22.3 Å². The zero-order valence-corrected chi connectivity index (χ0v) is 21.6. The highest BCUT2D eigenvalue weighted by Crippen LogP contribution is 2.44. The molecule has 5 aromatic carbocycles. The van der Waals surface area contributed by atoms with Crippen molar-refractivity contribution in [1.29, 1.82) is 0 Å². The number of nitrogens with zero attached hydrogens (tertiary/aromatic N) is 2. The van der Waals surface area contributed by atoms with Crippen molar-refractivity contribution in [3.63, 3.8) is 0 Å². The maximum Gasteiger partial charge on any atom is 0.157 e.